The fraction of sp³-hybridized carbons (Fsp3) is 0.217. The molecule has 1 fully saturated rings. The van der Waals surface area contributed by atoms with Gasteiger partial charge in [-0.3, -0.25) is 0 Å². The van der Waals surface area contributed by atoms with Crippen LogP contribution in [0.25, 0.3) is 0 Å². The summed E-state index contributed by atoms with van der Waals surface area (Å²) in [6.45, 7) is 3.87. The molecule has 2 bridgehead atoms. The molecule has 0 unspecified atom stereocenters. The van der Waals surface area contributed by atoms with Gasteiger partial charge in [0.25, 0.3) is 5.79 Å². The summed E-state index contributed by atoms with van der Waals surface area (Å²) in [6.07, 6.45) is -0.808. The van der Waals surface area contributed by atoms with E-state index in [4.69, 9.17) is 21.1 Å². The Morgan fingerprint density at radius 1 is 1.00 bits per heavy atom. The van der Waals surface area contributed by atoms with Crippen LogP contribution in [0.5, 0.6) is 5.75 Å². The van der Waals surface area contributed by atoms with Gasteiger partial charge >= 0.3 is 0 Å². The van der Waals surface area contributed by atoms with Crippen molar-refractivity contribution in [2.24, 2.45) is 0 Å². The Balaban J connectivity index is 1.68. The fourth-order valence-corrected chi connectivity index (χ4v) is 5.76. The molecule has 30 heavy (non-hydrogen) atoms. The first-order chi connectivity index (χ1) is 14.3. The molecule has 0 spiro atoms. The molecule has 0 N–H and O–H groups in total. The SMILES string of the molecule is Cc1ccc(S(=O)(=O)N2C[C@]3(c4ccccc4Cl)Oc4cc(C)ccc4[C@H]2O3)cc1. The average Bonchev–Trinajstić information content (AvgIpc) is 3.04. The Bertz CT molecular complexity index is 1240. The van der Waals surface area contributed by atoms with Crippen molar-refractivity contribution in [2.45, 2.75) is 30.8 Å². The first-order valence-electron chi connectivity index (χ1n) is 9.61. The highest BCUT2D eigenvalue weighted by atomic mass is 35.5. The Morgan fingerprint density at radius 2 is 1.70 bits per heavy atom. The molecule has 7 heteroatoms. The maximum atomic E-state index is 13.6. The summed E-state index contributed by atoms with van der Waals surface area (Å²) in [7, 11) is -3.84. The fourth-order valence-electron chi connectivity index (χ4n) is 3.98. The van der Waals surface area contributed by atoms with Crippen LogP contribution in [0.2, 0.25) is 5.02 Å². The van der Waals surface area contributed by atoms with Crippen LogP contribution in [-0.2, 0) is 20.5 Å². The third kappa shape index (κ3) is 2.94. The Morgan fingerprint density at radius 3 is 2.43 bits per heavy atom. The highest BCUT2D eigenvalue weighted by molar-refractivity contribution is 7.89. The van der Waals surface area contributed by atoms with E-state index in [1.807, 2.05) is 50.2 Å². The molecule has 2 aliphatic rings. The number of hydrogen-bond acceptors (Lipinski definition) is 4. The van der Waals surface area contributed by atoms with Crippen molar-refractivity contribution in [3.05, 3.63) is 94.0 Å². The smallest absolute Gasteiger partial charge is 0.254 e. The number of hydrogen-bond donors (Lipinski definition) is 0. The third-order valence-electron chi connectivity index (χ3n) is 5.55. The van der Waals surface area contributed by atoms with E-state index in [0.717, 1.165) is 11.1 Å². The summed E-state index contributed by atoms with van der Waals surface area (Å²) < 4.78 is 41.2. The van der Waals surface area contributed by atoms with Gasteiger partial charge in [-0.1, -0.05) is 59.6 Å². The molecule has 0 aromatic heterocycles. The van der Waals surface area contributed by atoms with Gasteiger partial charge in [0.05, 0.1) is 16.5 Å². The van der Waals surface area contributed by atoms with E-state index in [0.29, 0.717) is 21.9 Å². The van der Waals surface area contributed by atoms with Crippen molar-refractivity contribution in [2.75, 3.05) is 6.54 Å². The lowest BCUT2D eigenvalue weighted by Gasteiger charge is -2.35. The number of benzene rings is 3. The minimum absolute atomic E-state index is 0.00859. The molecule has 2 aliphatic heterocycles. The van der Waals surface area contributed by atoms with Crippen LogP contribution in [0, 0.1) is 13.8 Å². The van der Waals surface area contributed by atoms with Crippen molar-refractivity contribution in [3.8, 4) is 5.75 Å². The monoisotopic (exact) mass is 441 g/mol. The maximum absolute atomic E-state index is 13.6. The number of halogens is 1. The van der Waals surface area contributed by atoms with Crippen molar-refractivity contribution < 1.29 is 17.9 Å². The zero-order valence-corrected chi connectivity index (χ0v) is 18.1. The summed E-state index contributed by atoms with van der Waals surface area (Å²) in [5, 5.41) is 0.460. The third-order valence-corrected chi connectivity index (χ3v) is 7.68. The van der Waals surface area contributed by atoms with Gasteiger partial charge in [-0.25, -0.2) is 8.42 Å². The lowest BCUT2D eigenvalue weighted by molar-refractivity contribution is -0.194. The molecule has 0 amide bonds. The molecule has 0 radical (unpaired) electrons. The zero-order valence-electron chi connectivity index (χ0n) is 16.5. The number of nitrogens with zero attached hydrogens (tertiary/aromatic N) is 1. The van der Waals surface area contributed by atoms with Gasteiger partial charge in [0.1, 0.15) is 5.75 Å². The Labute approximate surface area is 180 Å². The maximum Gasteiger partial charge on any atom is 0.254 e. The normalized spacial score (nSPS) is 23.1. The van der Waals surface area contributed by atoms with Gasteiger partial charge in [0.15, 0.2) is 6.23 Å². The van der Waals surface area contributed by atoms with Crippen LogP contribution in [0.3, 0.4) is 0 Å². The number of sulfonamides is 1. The molecular weight excluding hydrogens is 422 g/mol. The summed E-state index contributed by atoms with van der Waals surface area (Å²) >= 11 is 6.47. The molecular formula is C23H20ClNO4S. The van der Waals surface area contributed by atoms with E-state index < -0.39 is 22.0 Å². The van der Waals surface area contributed by atoms with E-state index in [9.17, 15) is 8.42 Å². The molecule has 3 aromatic rings. The first kappa shape index (κ1) is 19.6. The number of ether oxygens (including phenoxy) is 2. The predicted molar refractivity (Wildman–Crippen MR) is 114 cm³/mol. The molecule has 2 heterocycles. The van der Waals surface area contributed by atoms with Crippen LogP contribution in [-0.4, -0.2) is 19.3 Å². The van der Waals surface area contributed by atoms with E-state index in [2.05, 4.69) is 0 Å². The number of rotatable bonds is 3. The zero-order chi connectivity index (χ0) is 21.1. The Hall–Kier alpha value is -2.38. The van der Waals surface area contributed by atoms with Crippen molar-refractivity contribution in [1.29, 1.82) is 0 Å². The lowest BCUT2D eigenvalue weighted by atomic mass is 10.0. The number of aryl methyl sites for hydroxylation is 2. The van der Waals surface area contributed by atoms with E-state index in [1.54, 1.807) is 30.3 Å². The topological polar surface area (TPSA) is 55.8 Å². The standard InChI is InChI=1S/C23H20ClNO4S/c1-15-7-10-17(11-8-15)30(26,27)25-14-23(19-5-3-4-6-20(19)24)28-21-13-16(2)9-12-18(21)22(25)29-23/h3-13,22H,14H2,1-2H3/t22-,23+/m1/s1. The lowest BCUT2D eigenvalue weighted by Crippen LogP contribution is -2.39. The molecule has 2 atom stereocenters. The first-order valence-corrected chi connectivity index (χ1v) is 11.4. The summed E-state index contributed by atoms with van der Waals surface area (Å²) in [4.78, 5) is 0.215. The van der Waals surface area contributed by atoms with Gasteiger partial charge in [-0.2, -0.15) is 4.31 Å². The largest absolute Gasteiger partial charge is 0.456 e. The summed E-state index contributed by atoms with van der Waals surface area (Å²) in [6, 6.07) is 19.7. The minimum atomic E-state index is -3.84. The Kier molecular flexibility index (Phi) is 4.45. The van der Waals surface area contributed by atoms with Crippen LogP contribution in [0.1, 0.15) is 28.5 Å². The van der Waals surface area contributed by atoms with Gasteiger partial charge < -0.3 is 9.47 Å². The second-order valence-electron chi connectivity index (χ2n) is 7.71. The van der Waals surface area contributed by atoms with Gasteiger partial charge in [-0.05, 0) is 43.7 Å². The van der Waals surface area contributed by atoms with Gasteiger partial charge in [-0.15, -0.1) is 0 Å². The van der Waals surface area contributed by atoms with Crippen LogP contribution < -0.4 is 4.74 Å². The number of fused-ring (bicyclic) bond motifs is 4. The summed E-state index contributed by atoms with van der Waals surface area (Å²) in [5.74, 6) is -0.713. The van der Waals surface area contributed by atoms with Crippen LogP contribution in [0.15, 0.2) is 71.6 Å². The van der Waals surface area contributed by atoms with Gasteiger partial charge in [0, 0.05) is 11.1 Å². The molecule has 0 saturated carbocycles. The minimum Gasteiger partial charge on any atom is -0.456 e. The average molecular weight is 442 g/mol. The second-order valence-corrected chi connectivity index (χ2v) is 10.0. The van der Waals surface area contributed by atoms with E-state index >= 15 is 0 Å². The molecule has 3 aromatic carbocycles. The van der Waals surface area contributed by atoms with Gasteiger partial charge in [0.2, 0.25) is 10.0 Å². The molecule has 5 nitrogen and oxygen atoms in total. The van der Waals surface area contributed by atoms with Crippen LogP contribution >= 0.6 is 11.6 Å². The molecule has 1 saturated heterocycles. The van der Waals surface area contributed by atoms with E-state index in [1.165, 1.54) is 4.31 Å². The molecule has 154 valence electrons. The van der Waals surface area contributed by atoms with E-state index in [-0.39, 0.29) is 11.4 Å². The highest BCUT2D eigenvalue weighted by Gasteiger charge is 2.57. The predicted octanol–water partition coefficient (Wildman–Crippen LogP) is 4.92. The molecule has 5 rings (SSSR count). The molecule has 0 aliphatic carbocycles. The second kappa shape index (κ2) is 6.82. The summed E-state index contributed by atoms with van der Waals surface area (Å²) in [5.41, 5.74) is 3.28. The van der Waals surface area contributed by atoms with Crippen molar-refractivity contribution in [3.63, 3.8) is 0 Å². The highest BCUT2D eigenvalue weighted by Crippen LogP contribution is 2.53. The van der Waals surface area contributed by atoms with Crippen molar-refractivity contribution >= 4 is 21.6 Å². The van der Waals surface area contributed by atoms with Crippen molar-refractivity contribution in [1.82, 2.24) is 4.31 Å². The van der Waals surface area contributed by atoms with Crippen LogP contribution in [0.4, 0.5) is 0 Å². The quantitative estimate of drug-likeness (QED) is 0.578.